The van der Waals surface area contributed by atoms with Crippen molar-refractivity contribution >= 4 is 45.2 Å². The van der Waals surface area contributed by atoms with E-state index in [4.69, 9.17) is 4.74 Å². The molecule has 0 unspecified atom stereocenters. The lowest BCUT2D eigenvalue weighted by molar-refractivity contribution is -0.137. The minimum atomic E-state index is -0.473. The number of esters is 1. The van der Waals surface area contributed by atoms with Crippen molar-refractivity contribution in [2.75, 3.05) is 18.9 Å². The molecular weight excluding hydrogens is 374 g/mol. The number of carbonyl (C=O) groups excluding carboxylic acids is 2. The second-order valence-corrected chi connectivity index (χ2v) is 7.97. The fourth-order valence-electron chi connectivity index (χ4n) is 2.69. The average Bonchev–Trinajstić information content (AvgIpc) is 3.08. The average molecular weight is 393 g/mol. The maximum absolute atomic E-state index is 12.7. The lowest BCUT2D eigenvalue weighted by Gasteiger charge is -2.17. The van der Waals surface area contributed by atoms with Gasteiger partial charge in [-0.05, 0) is 26.3 Å². The first-order valence-corrected chi connectivity index (χ1v) is 9.99. The first-order chi connectivity index (χ1) is 12.4. The van der Waals surface area contributed by atoms with E-state index in [1.165, 1.54) is 45.0 Å². The number of hydrogen-bond donors (Lipinski definition) is 0. The topological polar surface area (TPSA) is 81.5 Å². The molecule has 1 fully saturated rings. The van der Waals surface area contributed by atoms with E-state index in [0.717, 1.165) is 15.3 Å². The summed E-state index contributed by atoms with van der Waals surface area (Å²) in [4.78, 5) is 44.2. The quantitative estimate of drug-likeness (QED) is 0.571. The molecule has 0 bridgehead atoms. The Labute approximate surface area is 158 Å². The monoisotopic (exact) mass is 393 g/mol. The van der Waals surface area contributed by atoms with E-state index in [1.54, 1.807) is 6.92 Å². The smallest absolute Gasteiger partial charge is 0.333 e. The third-order valence-corrected chi connectivity index (χ3v) is 6.30. The maximum Gasteiger partial charge on any atom is 0.333 e. The van der Waals surface area contributed by atoms with Gasteiger partial charge in [-0.1, -0.05) is 11.8 Å². The Morgan fingerprint density at radius 1 is 1.35 bits per heavy atom. The number of rotatable bonds is 5. The summed E-state index contributed by atoms with van der Waals surface area (Å²) in [6.45, 7) is 6.50. The molecule has 26 heavy (non-hydrogen) atoms. The van der Waals surface area contributed by atoms with Crippen LogP contribution < -0.4 is 5.56 Å². The Morgan fingerprint density at radius 3 is 2.85 bits per heavy atom. The van der Waals surface area contributed by atoms with Crippen LogP contribution in [0.15, 0.2) is 22.2 Å². The van der Waals surface area contributed by atoms with Gasteiger partial charge >= 0.3 is 5.97 Å². The van der Waals surface area contributed by atoms with Gasteiger partial charge in [0.1, 0.15) is 4.83 Å². The fraction of sp³-hybridized carbons (Fsp3) is 0.412. The zero-order valence-corrected chi connectivity index (χ0v) is 16.4. The molecule has 7 nitrogen and oxygen atoms in total. The summed E-state index contributed by atoms with van der Waals surface area (Å²) in [5.74, 6) is -0.283. The first kappa shape index (κ1) is 18.7. The SMILES string of the molecule is CCOC(=O)/C=C1\SCC(=O)N1CCn1cnc2sc(C)c(C)c2c1=O. The van der Waals surface area contributed by atoms with Gasteiger partial charge in [0.25, 0.3) is 5.56 Å². The van der Waals surface area contributed by atoms with Crippen LogP contribution in [-0.2, 0) is 20.9 Å². The molecule has 1 aliphatic heterocycles. The highest BCUT2D eigenvalue weighted by Gasteiger charge is 2.27. The van der Waals surface area contributed by atoms with Crippen LogP contribution in [0.1, 0.15) is 17.4 Å². The molecule has 0 radical (unpaired) electrons. The molecule has 0 aliphatic carbocycles. The molecular formula is C17H19N3O4S2. The molecule has 1 amide bonds. The van der Waals surface area contributed by atoms with E-state index in [0.29, 0.717) is 23.5 Å². The molecule has 0 atom stereocenters. The molecule has 1 aliphatic rings. The van der Waals surface area contributed by atoms with Gasteiger partial charge in [0.2, 0.25) is 5.91 Å². The second kappa shape index (κ2) is 7.63. The third kappa shape index (κ3) is 3.54. The van der Waals surface area contributed by atoms with Crippen LogP contribution in [0.4, 0.5) is 0 Å². The predicted octanol–water partition coefficient (Wildman–Crippen LogP) is 2.05. The van der Waals surface area contributed by atoms with Gasteiger partial charge in [-0.15, -0.1) is 11.3 Å². The van der Waals surface area contributed by atoms with Gasteiger partial charge in [0.15, 0.2) is 0 Å². The van der Waals surface area contributed by atoms with Crippen molar-refractivity contribution in [1.29, 1.82) is 0 Å². The Morgan fingerprint density at radius 2 is 2.12 bits per heavy atom. The zero-order valence-electron chi connectivity index (χ0n) is 14.8. The van der Waals surface area contributed by atoms with Crippen molar-refractivity contribution in [2.45, 2.75) is 27.3 Å². The summed E-state index contributed by atoms with van der Waals surface area (Å²) >= 11 is 2.80. The van der Waals surface area contributed by atoms with E-state index >= 15 is 0 Å². The van der Waals surface area contributed by atoms with Gasteiger partial charge in [0.05, 0.1) is 35.2 Å². The van der Waals surface area contributed by atoms with Crippen LogP contribution in [0.2, 0.25) is 0 Å². The van der Waals surface area contributed by atoms with Crippen molar-refractivity contribution in [2.24, 2.45) is 0 Å². The summed E-state index contributed by atoms with van der Waals surface area (Å²) in [6.07, 6.45) is 2.85. The molecule has 3 heterocycles. The lowest BCUT2D eigenvalue weighted by Crippen LogP contribution is -2.32. The van der Waals surface area contributed by atoms with Crippen molar-refractivity contribution in [3.05, 3.63) is 38.2 Å². The van der Waals surface area contributed by atoms with Crippen LogP contribution in [0.3, 0.4) is 0 Å². The lowest BCUT2D eigenvalue weighted by atomic mass is 10.2. The number of thioether (sulfide) groups is 1. The number of thiophene rings is 1. The van der Waals surface area contributed by atoms with Crippen molar-refractivity contribution in [1.82, 2.24) is 14.5 Å². The summed E-state index contributed by atoms with van der Waals surface area (Å²) in [6, 6.07) is 0. The van der Waals surface area contributed by atoms with Crippen molar-refractivity contribution < 1.29 is 14.3 Å². The van der Waals surface area contributed by atoms with Gasteiger partial charge in [0, 0.05) is 18.0 Å². The molecule has 1 saturated heterocycles. The number of aromatic nitrogens is 2. The van der Waals surface area contributed by atoms with Crippen LogP contribution in [0, 0.1) is 13.8 Å². The summed E-state index contributed by atoms with van der Waals surface area (Å²) in [7, 11) is 0. The van der Waals surface area contributed by atoms with Crippen molar-refractivity contribution in [3.63, 3.8) is 0 Å². The summed E-state index contributed by atoms with van der Waals surface area (Å²) in [5.41, 5.74) is 0.847. The zero-order chi connectivity index (χ0) is 18.8. The highest BCUT2D eigenvalue weighted by atomic mass is 32.2. The number of fused-ring (bicyclic) bond motifs is 1. The van der Waals surface area contributed by atoms with E-state index in [9.17, 15) is 14.4 Å². The molecule has 138 valence electrons. The van der Waals surface area contributed by atoms with E-state index < -0.39 is 5.97 Å². The normalized spacial score (nSPS) is 16.0. The number of aryl methyl sites for hydroxylation is 2. The Kier molecular flexibility index (Phi) is 5.47. The fourth-order valence-corrected chi connectivity index (χ4v) is 4.63. The molecule has 9 heteroatoms. The number of hydrogen-bond acceptors (Lipinski definition) is 7. The molecule has 2 aromatic heterocycles. The highest BCUT2D eigenvalue weighted by Crippen LogP contribution is 2.29. The number of ether oxygens (including phenoxy) is 1. The van der Waals surface area contributed by atoms with Gasteiger partial charge in [-0.2, -0.15) is 0 Å². The molecule has 3 rings (SSSR count). The minimum absolute atomic E-state index is 0.0878. The molecule has 0 saturated carbocycles. The highest BCUT2D eigenvalue weighted by molar-refractivity contribution is 8.04. The van der Waals surface area contributed by atoms with Crippen molar-refractivity contribution in [3.8, 4) is 0 Å². The predicted molar refractivity (Wildman–Crippen MR) is 102 cm³/mol. The third-order valence-electron chi connectivity index (χ3n) is 4.16. The van der Waals surface area contributed by atoms with Crippen LogP contribution in [0.5, 0.6) is 0 Å². The summed E-state index contributed by atoms with van der Waals surface area (Å²) < 4.78 is 6.42. The van der Waals surface area contributed by atoms with Crippen LogP contribution in [0.25, 0.3) is 10.2 Å². The van der Waals surface area contributed by atoms with E-state index in [-0.39, 0.29) is 23.8 Å². The van der Waals surface area contributed by atoms with Gasteiger partial charge in [-0.25, -0.2) is 9.78 Å². The van der Waals surface area contributed by atoms with Gasteiger partial charge in [-0.3, -0.25) is 14.2 Å². The molecule has 0 aromatic carbocycles. The van der Waals surface area contributed by atoms with Gasteiger partial charge < -0.3 is 9.64 Å². The number of carbonyl (C=O) groups is 2. The van der Waals surface area contributed by atoms with Crippen LogP contribution in [-0.4, -0.2) is 45.2 Å². The number of amides is 1. The second-order valence-electron chi connectivity index (χ2n) is 5.78. The molecule has 2 aromatic rings. The standard InChI is InChI=1S/C17H19N3O4S2/c1-4-24-14(22)7-13-20(12(21)8-25-13)6-5-19-9-18-16-15(17(19)23)10(2)11(3)26-16/h7,9H,4-6,8H2,1-3H3/b13-7-. The maximum atomic E-state index is 12.7. The Hall–Kier alpha value is -2.13. The summed E-state index contributed by atoms with van der Waals surface area (Å²) in [5, 5.41) is 1.19. The Bertz CT molecular complexity index is 961. The van der Waals surface area contributed by atoms with E-state index in [1.807, 2.05) is 13.8 Å². The number of nitrogens with zero attached hydrogens (tertiary/aromatic N) is 3. The molecule has 0 spiro atoms. The van der Waals surface area contributed by atoms with E-state index in [2.05, 4.69) is 4.98 Å². The van der Waals surface area contributed by atoms with Crippen LogP contribution >= 0.6 is 23.1 Å². The largest absolute Gasteiger partial charge is 0.463 e. The minimum Gasteiger partial charge on any atom is -0.463 e. The first-order valence-electron chi connectivity index (χ1n) is 8.19. The Balaban J connectivity index is 1.81. The molecule has 0 N–H and O–H groups in total.